The fourth-order valence-electron chi connectivity index (χ4n) is 4.43. The molecule has 0 aromatic heterocycles. The molecule has 0 saturated carbocycles. The van der Waals surface area contributed by atoms with E-state index in [9.17, 15) is 22.8 Å². The summed E-state index contributed by atoms with van der Waals surface area (Å²) in [4.78, 5) is 26.4. The van der Waals surface area contributed by atoms with Crippen LogP contribution in [0.1, 0.15) is 30.0 Å². The van der Waals surface area contributed by atoms with Gasteiger partial charge < -0.3 is 24.3 Å². The molecule has 8 nitrogen and oxygen atoms in total. The molecule has 0 bridgehead atoms. The highest BCUT2D eigenvalue weighted by Crippen LogP contribution is 2.38. The number of hydrogen-bond acceptors (Lipinski definition) is 8. The lowest BCUT2D eigenvalue weighted by atomic mass is 9.94. The highest BCUT2D eigenvalue weighted by atomic mass is 19.4. The smallest absolute Gasteiger partial charge is 0.490 e. The molecule has 1 N–H and O–H groups in total. The molecule has 2 heterocycles. The Morgan fingerprint density at radius 2 is 1.69 bits per heavy atom. The van der Waals surface area contributed by atoms with Crippen molar-refractivity contribution in [3.05, 3.63) is 53.6 Å². The van der Waals surface area contributed by atoms with Crippen molar-refractivity contribution >= 4 is 11.9 Å². The second kappa shape index (κ2) is 10.8. The molecule has 1 fully saturated rings. The lowest BCUT2D eigenvalue weighted by Crippen LogP contribution is -2.51. The topological polar surface area (TPSA) is 86.3 Å². The predicted octanol–water partition coefficient (Wildman–Crippen LogP) is 3.39. The standard InChI is InChI=1S/C25H27F3N2O6/c1-33-17-5-3-15(4-6-17)14-30-11-9-16(10-12-30)29-21-19-13-18(34-2)7-8-20(19)35-23(31)22(21)36-24(32)25(26,27)28/h3-8,13,16,21-22,29H,9-12,14H2,1-2H3. The molecule has 194 valence electrons. The maximum atomic E-state index is 12.9. The van der Waals surface area contributed by atoms with E-state index in [1.807, 2.05) is 24.3 Å². The van der Waals surface area contributed by atoms with Gasteiger partial charge in [-0.1, -0.05) is 12.1 Å². The van der Waals surface area contributed by atoms with Crippen LogP contribution in [-0.2, 0) is 20.9 Å². The Hall–Kier alpha value is -3.31. The normalized spacial score (nSPS) is 20.9. The fraction of sp³-hybridized carbons (Fsp3) is 0.440. The minimum absolute atomic E-state index is 0.126. The molecule has 2 aromatic carbocycles. The molecular formula is C25H27F3N2O6. The van der Waals surface area contributed by atoms with Crippen LogP contribution in [0.3, 0.4) is 0 Å². The van der Waals surface area contributed by atoms with Crippen molar-refractivity contribution in [1.82, 2.24) is 10.2 Å². The zero-order chi connectivity index (χ0) is 25.9. The summed E-state index contributed by atoms with van der Waals surface area (Å²) in [7, 11) is 3.06. The summed E-state index contributed by atoms with van der Waals surface area (Å²) >= 11 is 0. The molecule has 2 unspecified atom stereocenters. The molecule has 2 atom stereocenters. The molecule has 2 aliphatic rings. The number of nitrogens with zero attached hydrogens (tertiary/aromatic N) is 1. The van der Waals surface area contributed by atoms with Crippen molar-refractivity contribution in [1.29, 1.82) is 0 Å². The first-order valence-electron chi connectivity index (χ1n) is 11.5. The number of halogens is 3. The average molecular weight is 508 g/mol. The van der Waals surface area contributed by atoms with Crippen molar-refractivity contribution in [2.24, 2.45) is 0 Å². The molecule has 2 aromatic rings. The highest BCUT2D eigenvalue weighted by molar-refractivity contribution is 5.85. The number of hydrogen-bond donors (Lipinski definition) is 1. The SMILES string of the molecule is COc1ccc(CN2CCC(NC3c4cc(OC)ccc4OC(=O)C3OC(=O)C(F)(F)F)CC2)cc1. The number of carbonyl (C=O) groups is 2. The van der Waals surface area contributed by atoms with Gasteiger partial charge in [-0.05, 0) is 61.8 Å². The Morgan fingerprint density at radius 1 is 1.06 bits per heavy atom. The largest absolute Gasteiger partial charge is 0.497 e. The van der Waals surface area contributed by atoms with Crippen LogP contribution in [0.4, 0.5) is 13.2 Å². The van der Waals surface area contributed by atoms with E-state index in [0.29, 0.717) is 24.2 Å². The first kappa shape index (κ1) is 25.8. The number of methoxy groups -OCH3 is 2. The van der Waals surface area contributed by atoms with Crippen LogP contribution in [0.2, 0.25) is 0 Å². The number of ether oxygens (including phenoxy) is 4. The number of carbonyl (C=O) groups excluding carboxylic acids is 2. The molecule has 0 aliphatic carbocycles. The van der Waals surface area contributed by atoms with Gasteiger partial charge in [0.15, 0.2) is 0 Å². The van der Waals surface area contributed by atoms with Gasteiger partial charge >= 0.3 is 18.1 Å². The number of fused-ring (bicyclic) bond motifs is 1. The van der Waals surface area contributed by atoms with Gasteiger partial charge in [-0.2, -0.15) is 13.2 Å². The molecule has 0 amide bonds. The van der Waals surface area contributed by atoms with Crippen LogP contribution in [-0.4, -0.2) is 62.5 Å². The number of alkyl halides is 3. The molecule has 0 radical (unpaired) electrons. The molecular weight excluding hydrogens is 481 g/mol. The Balaban J connectivity index is 1.47. The Labute approximate surface area is 206 Å². The summed E-state index contributed by atoms with van der Waals surface area (Å²) in [6.07, 6.45) is -5.68. The van der Waals surface area contributed by atoms with Gasteiger partial charge in [0.1, 0.15) is 17.2 Å². The third-order valence-electron chi connectivity index (χ3n) is 6.33. The minimum Gasteiger partial charge on any atom is -0.497 e. The molecule has 11 heteroatoms. The number of rotatable bonds is 7. The van der Waals surface area contributed by atoms with Crippen LogP contribution in [0, 0.1) is 0 Å². The van der Waals surface area contributed by atoms with Gasteiger partial charge in [-0.3, -0.25) is 4.90 Å². The fourth-order valence-corrected chi connectivity index (χ4v) is 4.43. The second-order valence-corrected chi connectivity index (χ2v) is 8.69. The van der Waals surface area contributed by atoms with Crippen molar-refractivity contribution < 1.29 is 41.7 Å². The van der Waals surface area contributed by atoms with Crippen molar-refractivity contribution in [2.45, 2.75) is 43.8 Å². The van der Waals surface area contributed by atoms with E-state index >= 15 is 0 Å². The van der Waals surface area contributed by atoms with Crippen LogP contribution < -0.4 is 19.5 Å². The van der Waals surface area contributed by atoms with Crippen LogP contribution in [0.5, 0.6) is 17.2 Å². The second-order valence-electron chi connectivity index (χ2n) is 8.69. The first-order chi connectivity index (χ1) is 17.2. The molecule has 0 spiro atoms. The average Bonchev–Trinajstić information content (AvgIpc) is 2.86. The first-order valence-corrected chi connectivity index (χ1v) is 11.5. The van der Waals surface area contributed by atoms with Gasteiger partial charge in [0.05, 0.1) is 20.3 Å². The molecule has 2 aliphatic heterocycles. The summed E-state index contributed by atoms with van der Waals surface area (Å²) < 4.78 is 59.0. The van der Waals surface area contributed by atoms with E-state index in [0.717, 1.165) is 30.9 Å². The van der Waals surface area contributed by atoms with Crippen LogP contribution >= 0.6 is 0 Å². The Morgan fingerprint density at radius 3 is 2.31 bits per heavy atom. The van der Waals surface area contributed by atoms with E-state index in [4.69, 9.17) is 14.2 Å². The van der Waals surface area contributed by atoms with E-state index in [1.54, 1.807) is 19.2 Å². The van der Waals surface area contributed by atoms with Crippen LogP contribution in [0.25, 0.3) is 0 Å². The number of esters is 2. The minimum atomic E-state index is -5.24. The lowest BCUT2D eigenvalue weighted by molar-refractivity contribution is -0.209. The number of benzene rings is 2. The predicted molar refractivity (Wildman–Crippen MR) is 122 cm³/mol. The number of nitrogens with one attached hydrogen (secondary N) is 1. The summed E-state index contributed by atoms with van der Waals surface area (Å²) in [5, 5.41) is 3.26. The number of piperidine rings is 1. The van der Waals surface area contributed by atoms with Gasteiger partial charge in [0.2, 0.25) is 6.10 Å². The van der Waals surface area contributed by atoms with Crippen molar-refractivity contribution in [3.63, 3.8) is 0 Å². The van der Waals surface area contributed by atoms with E-state index < -0.39 is 30.3 Å². The van der Waals surface area contributed by atoms with E-state index in [2.05, 4.69) is 15.0 Å². The van der Waals surface area contributed by atoms with Gasteiger partial charge in [-0.15, -0.1) is 0 Å². The Kier molecular flexibility index (Phi) is 7.70. The quantitative estimate of drug-likeness (QED) is 0.450. The zero-order valence-corrected chi connectivity index (χ0v) is 19.8. The maximum absolute atomic E-state index is 12.9. The molecule has 4 rings (SSSR count). The lowest BCUT2D eigenvalue weighted by Gasteiger charge is -2.38. The van der Waals surface area contributed by atoms with Gasteiger partial charge in [0, 0.05) is 18.2 Å². The summed E-state index contributed by atoms with van der Waals surface area (Å²) in [5.74, 6) is -2.13. The van der Waals surface area contributed by atoms with Gasteiger partial charge in [0.25, 0.3) is 0 Å². The maximum Gasteiger partial charge on any atom is 0.490 e. The third kappa shape index (κ3) is 5.90. The van der Waals surface area contributed by atoms with Gasteiger partial charge in [-0.25, -0.2) is 9.59 Å². The van der Waals surface area contributed by atoms with Crippen LogP contribution in [0.15, 0.2) is 42.5 Å². The van der Waals surface area contributed by atoms with E-state index in [-0.39, 0.29) is 11.8 Å². The summed E-state index contributed by atoms with van der Waals surface area (Å²) in [6, 6.07) is 11.3. The molecule has 36 heavy (non-hydrogen) atoms. The summed E-state index contributed by atoms with van der Waals surface area (Å²) in [6.45, 7) is 2.22. The third-order valence-corrected chi connectivity index (χ3v) is 6.33. The monoisotopic (exact) mass is 508 g/mol. The van der Waals surface area contributed by atoms with Crippen molar-refractivity contribution in [3.8, 4) is 17.2 Å². The number of likely N-dealkylation sites (tertiary alicyclic amines) is 1. The summed E-state index contributed by atoms with van der Waals surface area (Å²) in [5.41, 5.74) is 1.52. The Bertz CT molecular complexity index is 1080. The zero-order valence-electron chi connectivity index (χ0n) is 19.8. The van der Waals surface area contributed by atoms with E-state index in [1.165, 1.54) is 13.2 Å². The highest BCUT2D eigenvalue weighted by Gasteiger charge is 2.48. The van der Waals surface area contributed by atoms with Crippen molar-refractivity contribution in [2.75, 3.05) is 27.3 Å². The molecule has 1 saturated heterocycles.